The van der Waals surface area contributed by atoms with Gasteiger partial charge < -0.3 is 14.2 Å². The predicted octanol–water partition coefficient (Wildman–Crippen LogP) is 2.35. The Balaban J connectivity index is 2.59. The van der Waals surface area contributed by atoms with Crippen molar-refractivity contribution in [2.45, 2.75) is 4.90 Å². The SMILES string of the molecule is COC(=O)CN(c1ccc(F)c(F)c1)S(=O)(=O)c1ccc(OC)c(OC)c1. The summed E-state index contributed by atoms with van der Waals surface area (Å²) in [7, 11) is -0.545. The van der Waals surface area contributed by atoms with Crippen LogP contribution in [0.2, 0.25) is 0 Å². The van der Waals surface area contributed by atoms with Crippen molar-refractivity contribution in [2.24, 2.45) is 0 Å². The fraction of sp³-hybridized carbons (Fsp3) is 0.235. The first-order chi connectivity index (χ1) is 12.7. The van der Waals surface area contributed by atoms with Gasteiger partial charge in [0.15, 0.2) is 23.1 Å². The van der Waals surface area contributed by atoms with Crippen molar-refractivity contribution in [3.63, 3.8) is 0 Å². The first-order valence-electron chi connectivity index (χ1n) is 7.51. The molecule has 2 aromatic rings. The summed E-state index contributed by atoms with van der Waals surface area (Å²) in [6.45, 7) is -0.738. The Labute approximate surface area is 155 Å². The molecule has 146 valence electrons. The third-order valence-corrected chi connectivity index (χ3v) is 5.40. The van der Waals surface area contributed by atoms with Gasteiger partial charge in [0.05, 0.1) is 31.9 Å². The Morgan fingerprint density at radius 3 is 2.19 bits per heavy atom. The molecule has 2 rings (SSSR count). The second-order valence-corrected chi connectivity index (χ2v) is 7.07. The largest absolute Gasteiger partial charge is 0.493 e. The first-order valence-corrected chi connectivity index (χ1v) is 8.95. The van der Waals surface area contributed by atoms with Gasteiger partial charge in [0.2, 0.25) is 0 Å². The van der Waals surface area contributed by atoms with E-state index in [1.807, 2.05) is 0 Å². The van der Waals surface area contributed by atoms with Crippen LogP contribution in [0.1, 0.15) is 0 Å². The number of halogens is 2. The van der Waals surface area contributed by atoms with Crippen LogP contribution in [0.5, 0.6) is 11.5 Å². The number of nitrogens with zero attached hydrogens (tertiary/aromatic N) is 1. The average molecular weight is 401 g/mol. The van der Waals surface area contributed by atoms with Crippen LogP contribution in [0.3, 0.4) is 0 Å². The smallest absolute Gasteiger partial charge is 0.326 e. The number of hydrogen-bond donors (Lipinski definition) is 0. The number of rotatable bonds is 7. The summed E-state index contributed by atoms with van der Waals surface area (Å²) in [4.78, 5) is 11.5. The molecule has 0 aromatic heterocycles. The van der Waals surface area contributed by atoms with Crippen LogP contribution in [-0.2, 0) is 19.6 Å². The number of benzene rings is 2. The summed E-state index contributed by atoms with van der Waals surface area (Å²) < 4.78 is 68.2. The van der Waals surface area contributed by atoms with Gasteiger partial charge in [-0.2, -0.15) is 0 Å². The van der Waals surface area contributed by atoms with Gasteiger partial charge in [-0.15, -0.1) is 0 Å². The minimum atomic E-state index is -4.34. The lowest BCUT2D eigenvalue weighted by Crippen LogP contribution is -2.36. The highest BCUT2D eigenvalue weighted by atomic mass is 32.2. The van der Waals surface area contributed by atoms with E-state index in [0.29, 0.717) is 16.1 Å². The molecule has 0 bridgehead atoms. The molecule has 0 unspecified atom stereocenters. The Kier molecular flexibility index (Phi) is 6.21. The molecular formula is C17H17F2NO6S. The Hall–Kier alpha value is -2.88. The highest BCUT2D eigenvalue weighted by Crippen LogP contribution is 2.32. The van der Waals surface area contributed by atoms with Gasteiger partial charge in [-0.1, -0.05) is 0 Å². The summed E-state index contributed by atoms with van der Waals surface area (Å²) in [5, 5.41) is 0. The summed E-state index contributed by atoms with van der Waals surface area (Å²) in [6.07, 6.45) is 0. The van der Waals surface area contributed by atoms with Crippen molar-refractivity contribution < 1.29 is 36.2 Å². The van der Waals surface area contributed by atoms with Crippen molar-refractivity contribution in [1.29, 1.82) is 0 Å². The van der Waals surface area contributed by atoms with Gasteiger partial charge in [0, 0.05) is 12.1 Å². The number of methoxy groups -OCH3 is 3. The third-order valence-electron chi connectivity index (χ3n) is 3.63. The van der Waals surface area contributed by atoms with E-state index in [1.54, 1.807) is 0 Å². The number of anilines is 1. The van der Waals surface area contributed by atoms with Crippen molar-refractivity contribution in [3.8, 4) is 11.5 Å². The topological polar surface area (TPSA) is 82.1 Å². The van der Waals surface area contributed by atoms with Gasteiger partial charge in [-0.25, -0.2) is 17.2 Å². The molecule has 0 fully saturated rings. The molecule has 0 atom stereocenters. The summed E-state index contributed by atoms with van der Waals surface area (Å²) in [6, 6.07) is 6.28. The van der Waals surface area contributed by atoms with Crippen LogP contribution in [0.25, 0.3) is 0 Å². The highest BCUT2D eigenvalue weighted by Gasteiger charge is 2.29. The predicted molar refractivity (Wildman–Crippen MR) is 92.5 cm³/mol. The third kappa shape index (κ3) is 4.27. The van der Waals surface area contributed by atoms with Gasteiger partial charge in [0.25, 0.3) is 10.0 Å². The van der Waals surface area contributed by atoms with Crippen LogP contribution < -0.4 is 13.8 Å². The van der Waals surface area contributed by atoms with E-state index in [4.69, 9.17) is 9.47 Å². The normalized spacial score (nSPS) is 11.0. The maximum Gasteiger partial charge on any atom is 0.326 e. The molecule has 7 nitrogen and oxygen atoms in total. The maximum atomic E-state index is 13.6. The van der Waals surface area contributed by atoms with Gasteiger partial charge in [-0.3, -0.25) is 9.10 Å². The van der Waals surface area contributed by atoms with E-state index in [9.17, 15) is 22.0 Å². The van der Waals surface area contributed by atoms with Crippen molar-refractivity contribution in [3.05, 3.63) is 48.0 Å². The molecule has 0 saturated heterocycles. The maximum absolute atomic E-state index is 13.6. The Morgan fingerprint density at radius 1 is 0.963 bits per heavy atom. The molecule has 0 heterocycles. The molecule has 10 heteroatoms. The number of hydrogen-bond acceptors (Lipinski definition) is 6. The minimum absolute atomic E-state index is 0.141. The fourth-order valence-corrected chi connectivity index (χ4v) is 3.66. The zero-order chi connectivity index (χ0) is 20.2. The number of esters is 1. The summed E-state index contributed by atoms with van der Waals surface area (Å²) >= 11 is 0. The van der Waals surface area contributed by atoms with E-state index < -0.39 is 34.2 Å². The molecule has 27 heavy (non-hydrogen) atoms. The number of carbonyl (C=O) groups is 1. The van der Waals surface area contributed by atoms with Gasteiger partial charge >= 0.3 is 5.97 Å². The fourth-order valence-electron chi connectivity index (χ4n) is 2.24. The van der Waals surface area contributed by atoms with Crippen molar-refractivity contribution >= 4 is 21.7 Å². The molecule has 0 N–H and O–H groups in total. The quantitative estimate of drug-likeness (QED) is 0.663. The number of ether oxygens (including phenoxy) is 3. The molecule has 2 aromatic carbocycles. The number of carbonyl (C=O) groups excluding carboxylic acids is 1. The molecule has 0 radical (unpaired) electrons. The van der Waals surface area contributed by atoms with Crippen molar-refractivity contribution in [1.82, 2.24) is 0 Å². The van der Waals surface area contributed by atoms with E-state index >= 15 is 0 Å². The van der Waals surface area contributed by atoms with Gasteiger partial charge in [-0.05, 0) is 24.3 Å². The standard InChI is InChI=1S/C17H17F2NO6S/c1-24-15-7-5-12(9-16(15)25-2)27(22,23)20(10-17(21)26-3)11-4-6-13(18)14(19)8-11/h4-9H,10H2,1-3H3. The average Bonchev–Trinajstić information content (AvgIpc) is 2.67. The zero-order valence-electron chi connectivity index (χ0n) is 14.7. The second-order valence-electron chi connectivity index (χ2n) is 5.20. The monoisotopic (exact) mass is 401 g/mol. The van der Waals surface area contributed by atoms with Crippen LogP contribution in [0.15, 0.2) is 41.3 Å². The zero-order valence-corrected chi connectivity index (χ0v) is 15.5. The van der Waals surface area contributed by atoms with Crippen LogP contribution in [0, 0.1) is 11.6 Å². The summed E-state index contributed by atoms with van der Waals surface area (Å²) in [5.74, 6) is -2.86. The molecular weight excluding hydrogens is 384 g/mol. The van der Waals surface area contributed by atoms with Crippen LogP contribution in [0.4, 0.5) is 14.5 Å². The Bertz CT molecular complexity index is 948. The molecule has 0 aliphatic rings. The molecule has 0 spiro atoms. The molecule has 0 aliphatic carbocycles. The van der Waals surface area contributed by atoms with E-state index in [-0.39, 0.29) is 16.3 Å². The van der Waals surface area contributed by atoms with E-state index in [1.165, 1.54) is 32.4 Å². The lowest BCUT2D eigenvalue weighted by Gasteiger charge is -2.24. The molecule has 0 amide bonds. The van der Waals surface area contributed by atoms with Crippen LogP contribution >= 0.6 is 0 Å². The highest BCUT2D eigenvalue weighted by molar-refractivity contribution is 7.92. The molecule has 0 saturated carbocycles. The van der Waals surface area contributed by atoms with Gasteiger partial charge in [0.1, 0.15) is 6.54 Å². The lowest BCUT2D eigenvalue weighted by atomic mass is 10.3. The van der Waals surface area contributed by atoms with E-state index in [2.05, 4.69) is 4.74 Å². The second kappa shape index (κ2) is 8.21. The lowest BCUT2D eigenvalue weighted by molar-refractivity contribution is -0.138. The number of sulfonamides is 1. The Morgan fingerprint density at radius 2 is 1.63 bits per heavy atom. The summed E-state index contributed by atoms with van der Waals surface area (Å²) in [5.41, 5.74) is -0.242. The van der Waals surface area contributed by atoms with E-state index in [0.717, 1.165) is 19.2 Å². The molecule has 0 aliphatic heterocycles. The minimum Gasteiger partial charge on any atom is -0.493 e. The van der Waals surface area contributed by atoms with Crippen molar-refractivity contribution in [2.75, 3.05) is 32.2 Å². The van der Waals surface area contributed by atoms with Crippen LogP contribution in [-0.4, -0.2) is 42.3 Å². The first kappa shape index (κ1) is 20.4.